The zero-order chi connectivity index (χ0) is 48.9. The third-order valence-electron chi connectivity index (χ3n) is 12.2. The first-order chi connectivity index (χ1) is 32.6. The van der Waals surface area contributed by atoms with Crippen molar-refractivity contribution in [3.05, 3.63) is 175 Å². The molecule has 1 aliphatic rings. The van der Waals surface area contributed by atoms with E-state index in [4.69, 9.17) is 32.8 Å². The fourth-order valence-corrected chi connectivity index (χ4v) is 16.2. The Morgan fingerprint density at radius 2 is 1.41 bits per heavy atom. The summed E-state index contributed by atoms with van der Waals surface area (Å²) in [6.07, 6.45) is 4.63. The van der Waals surface area contributed by atoms with Crippen molar-refractivity contribution in [1.82, 2.24) is 0 Å². The van der Waals surface area contributed by atoms with Gasteiger partial charge in [0.2, 0.25) is 0 Å². The van der Waals surface area contributed by atoms with E-state index in [1.54, 1.807) is 38.3 Å². The molecule has 1 heterocycles. The van der Waals surface area contributed by atoms with Gasteiger partial charge in [0, 0.05) is 0 Å². The van der Waals surface area contributed by atoms with Crippen LogP contribution in [-0.4, -0.2) is 85.7 Å². The van der Waals surface area contributed by atoms with Gasteiger partial charge in [-0.05, 0) is 15.4 Å². The molecule has 5 aromatic rings. The van der Waals surface area contributed by atoms with E-state index in [1.807, 2.05) is 74.5 Å². The van der Waals surface area contributed by atoms with Crippen molar-refractivity contribution in [2.45, 2.75) is 108 Å². The topological polar surface area (TPSA) is 98.8 Å². The van der Waals surface area contributed by atoms with Crippen molar-refractivity contribution in [3.63, 3.8) is 0 Å². The van der Waals surface area contributed by atoms with Gasteiger partial charge in [0.15, 0.2) is 0 Å². The summed E-state index contributed by atoms with van der Waals surface area (Å²) in [5.74, 6) is -0.732. The van der Waals surface area contributed by atoms with Crippen LogP contribution in [0.25, 0.3) is 0 Å². The number of hydrogen-bond donors (Lipinski definition) is 0. The van der Waals surface area contributed by atoms with Gasteiger partial charge < -0.3 is 0 Å². The Bertz CT molecular complexity index is 2380. The number of ketones is 1. The van der Waals surface area contributed by atoms with Crippen molar-refractivity contribution >= 4 is 49.9 Å². The third kappa shape index (κ3) is 13.1. The van der Waals surface area contributed by atoms with Crippen LogP contribution >= 0.6 is 0 Å². The van der Waals surface area contributed by atoms with Gasteiger partial charge in [-0.2, -0.15) is 0 Å². The maximum atomic E-state index is 14.0. The molecule has 6 atom stereocenters. The minimum atomic E-state index is -2.88. The number of benzene rings is 5. The summed E-state index contributed by atoms with van der Waals surface area (Å²) in [6, 6.07) is 44.2. The molecule has 6 rings (SSSR count). The summed E-state index contributed by atoms with van der Waals surface area (Å²) in [7, 11) is -1.33. The second-order valence-electron chi connectivity index (χ2n) is 18.7. The van der Waals surface area contributed by atoms with Crippen LogP contribution in [0.3, 0.4) is 0 Å². The van der Waals surface area contributed by atoms with E-state index >= 15 is 0 Å². The molecule has 0 bridgehead atoms. The number of carbonyl (C=O) groups excluding carboxylic acids is 2. The van der Waals surface area contributed by atoms with Crippen LogP contribution in [-0.2, 0) is 23.4 Å². The Hall–Kier alpha value is -5.10. The first-order valence-electron chi connectivity index (χ1n) is 23.4. The van der Waals surface area contributed by atoms with E-state index in [1.165, 1.54) is 10.4 Å². The number of esters is 1. The average Bonchev–Trinajstić information content (AvgIpc) is 3.65. The fourth-order valence-electron chi connectivity index (χ4n) is 8.84. The molecule has 0 aliphatic carbocycles. The monoisotopic (exact) mass is 1000 g/mol. The van der Waals surface area contributed by atoms with Crippen LogP contribution < -0.4 is 24.3 Å². The maximum absolute atomic E-state index is 14.0. The van der Waals surface area contributed by atoms with Gasteiger partial charge >= 0.3 is 317 Å². The standard InChI is InChI=1S/C57H68O9SeSi/c1-11-36-61-44-37-48(53(41(3)58)51(38-44)62-39-60-10)52(67-45-26-18-13-19-27-45)35-34-50-54(65-57(8,9)64-50)49(63-55(59)43-24-16-12-17-25-43)33-32-40(2)42(4)66-68(56(5,6)7,46-28-20-14-21-29-46)47-30-22-15-23-31-47/h11-33,37-38,40,42,49-50,52,54H,1,34-36,39H2,2-10H3/b33-32-/t40-,42?,49?,50+,52?,54-/m1/s1. The predicted molar refractivity (Wildman–Crippen MR) is 274 cm³/mol. The van der Waals surface area contributed by atoms with E-state index in [-0.39, 0.29) is 56.0 Å². The first kappa shape index (κ1) is 52.3. The van der Waals surface area contributed by atoms with Gasteiger partial charge in [-0.15, -0.1) is 0 Å². The molecule has 1 saturated heterocycles. The van der Waals surface area contributed by atoms with Crippen LogP contribution in [0.1, 0.15) is 99.3 Å². The number of methoxy groups -OCH3 is 1. The van der Waals surface area contributed by atoms with E-state index in [2.05, 4.69) is 108 Å². The number of carbonyl (C=O) groups is 2. The van der Waals surface area contributed by atoms with Crippen molar-refractivity contribution < 1.29 is 42.4 Å². The molecule has 11 heteroatoms. The van der Waals surface area contributed by atoms with Crippen molar-refractivity contribution in [1.29, 1.82) is 0 Å². The molecule has 0 amide bonds. The molecule has 1 aliphatic heterocycles. The molecule has 0 N–H and O–H groups in total. The number of Topliss-reactive ketones (excluding diaryl/α,β-unsaturated/α-hetero) is 1. The molecule has 1 fully saturated rings. The SMILES string of the molecule is C=CCOc1cc(OCOC)c(C(C)=O)c(C(CC[C@@H]2OC(C)(C)O[C@@H]2C(/C=C\[C@@H](C)C(C)O[Si](c2ccccc2)(c2ccccc2)C(C)(C)C)OC(=O)c2ccccc2)[Se]c2ccccc2)c1. The Morgan fingerprint density at radius 3 is 1.97 bits per heavy atom. The molecule has 0 spiro atoms. The van der Waals surface area contributed by atoms with Gasteiger partial charge in [0.05, 0.1) is 0 Å². The molecule has 3 unspecified atom stereocenters. The van der Waals surface area contributed by atoms with Gasteiger partial charge in [-0.3, -0.25) is 0 Å². The van der Waals surface area contributed by atoms with Crippen LogP contribution in [0.4, 0.5) is 0 Å². The number of ether oxygens (including phenoxy) is 6. The Balaban J connectivity index is 1.36. The molecule has 5 aromatic carbocycles. The van der Waals surface area contributed by atoms with E-state index in [0.717, 1.165) is 10.0 Å². The molecular weight excluding hydrogens is 936 g/mol. The third-order valence-corrected chi connectivity index (χ3v) is 20.1. The predicted octanol–water partition coefficient (Wildman–Crippen LogP) is 10.2. The second kappa shape index (κ2) is 24.0. The first-order valence-corrected chi connectivity index (χ1v) is 27.2. The van der Waals surface area contributed by atoms with E-state index < -0.39 is 38.4 Å². The van der Waals surface area contributed by atoms with E-state index in [9.17, 15) is 9.59 Å². The quantitative estimate of drug-likeness (QED) is 0.0208. The fraction of sp³-hybridized carbons (Fsp3) is 0.368. The van der Waals surface area contributed by atoms with Crippen LogP contribution in [0.2, 0.25) is 5.04 Å². The number of hydrogen-bond acceptors (Lipinski definition) is 9. The minimum absolute atomic E-state index is 0.0390. The average molecular weight is 1000 g/mol. The summed E-state index contributed by atoms with van der Waals surface area (Å²) in [6.45, 7) is 20.5. The van der Waals surface area contributed by atoms with Crippen molar-refractivity contribution in [2.75, 3.05) is 20.5 Å². The van der Waals surface area contributed by atoms with E-state index in [0.29, 0.717) is 35.5 Å². The van der Waals surface area contributed by atoms with Crippen LogP contribution in [0.15, 0.2) is 158 Å². The molecule has 0 radical (unpaired) electrons. The van der Waals surface area contributed by atoms with Gasteiger partial charge in [0.25, 0.3) is 0 Å². The molecule has 68 heavy (non-hydrogen) atoms. The zero-order valence-electron chi connectivity index (χ0n) is 41.0. The molecular formula is C57H68O9SeSi. The normalized spacial score (nSPS) is 17.8. The molecule has 0 aromatic heterocycles. The molecule has 360 valence electrons. The number of rotatable bonds is 23. The van der Waals surface area contributed by atoms with Gasteiger partial charge in [0.1, 0.15) is 0 Å². The summed E-state index contributed by atoms with van der Waals surface area (Å²) in [5.41, 5.74) is 1.74. The Kier molecular flexibility index (Phi) is 18.4. The summed E-state index contributed by atoms with van der Waals surface area (Å²) >= 11 is -0.152. The molecule has 9 nitrogen and oxygen atoms in total. The summed E-state index contributed by atoms with van der Waals surface area (Å²) < 4.78 is 46.0. The summed E-state index contributed by atoms with van der Waals surface area (Å²) in [4.78, 5) is 27.5. The van der Waals surface area contributed by atoms with Crippen molar-refractivity contribution in [2.24, 2.45) is 5.92 Å². The van der Waals surface area contributed by atoms with Crippen LogP contribution in [0.5, 0.6) is 11.5 Å². The molecule has 0 saturated carbocycles. The zero-order valence-corrected chi connectivity index (χ0v) is 43.7. The van der Waals surface area contributed by atoms with Crippen molar-refractivity contribution in [3.8, 4) is 11.5 Å². The Morgan fingerprint density at radius 1 is 0.824 bits per heavy atom. The second-order valence-corrected chi connectivity index (χ2v) is 25.6. The Labute approximate surface area is 411 Å². The summed E-state index contributed by atoms with van der Waals surface area (Å²) in [5, 5.41) is 2.20. The van der Waals surface area contributed by atoms with Gasteiger partial charge in [-0.25, -0.2) is 0 Å². The van der Waals surface area contributed by atoms with Gasteiger partial charge in [-0.1, -0.05) is 81.4 Å². The van der Waals surface area contributed by atoms with Crippen LogP contribution in [0, 0.1) is 5.92 Å².